The van der Waals surface area contributed by atoms with Crippen LogP contribution in [0.4, 0.5) is 0 Å². The van der Waals surface area contributed by atoms with Gasteiger partial charge >= 0.3 is 7.12 Å². The quantitative estimate of drug-likeness (QED) is 0.137. The van der Waals surface area contributed by atoms with E-state index in [9.17, 15) is 9.59 Å². The van der Waals surface area contributed by atoms with Gasteiger partial charge in [-0.1, -0.05) is 42.5 Å². The van der Waals surface area contributed by atoms with E-state index in [0.29, 0.717) is 34.7 Å². The third-order valence-electron chi connectivity index (χ3n) is 5.99. The number of amides is 1. The predicted octanol–water partition coefficient (Wildman–Crippen LogP) is 2.38. The van der Waals surface area contributed by atoms with Gasteiger partial charge in [0.05, 0.1) is 13.2 Å². The van der Waals surface area contributed by atoms with Crippen molar-refractivity contribution in [2.45, 2.75) is 13.2 Å². The first-order chi connectivity index (χ1) is 18.8. The molecule has 0 radical (unpaired) electrons. The van der Waals surface area contributed by atoms with Crippen LogP contribution in [0, 0.1) is 0 Å². The maximum absolute atomic E-state index is 12.8. The zero-order chi connectivity index (χ0) is 27.8. The molecule has 202 valence electrons. The number of nitrogens with one attached hydrogen (secondary N) is 1. The van der Waals surface area contributed by atoms with Crippen LogP contribution in [0.2, 0.25) is 0 Å². The number of para-hydroxylation sites is 1. The number of benzene rings is 3. The summed E-state index contributed by atoms with van der Waals surface area (Å²) in [4.78, 5) is 27.2. The summed E-state index contributed by atoms with van der Waals surface area (Å²) >= 11 is 0. The van der Waals surface area contributed by atoms with E-state index < -0.39 is 7.12 Å². The van der Waals surface area contributed by atoms with Crippen LogP contribution in [0.3, 0.4) is 0 Å². The van der Waals surface area contributed by atoms with E-state index in [-0.39, 0.29) is 38.1 Å². The van der Waals surface area contributed by atoms with Gasteiger partial charge in [0.15, 0.2) is 11.5 Å². The zero-order valence-corrected chi connectivity index (χ0v) is 21.9. The molecule has 1 amide bonds. The van der Waals surface area contributed by atoms with E-state index in [1.54, 1.807) is 48.5 Å². The van der Waals surface area contributed by atoms with Gasteiger partial charge < -0.3 is 34.2 Å². The average Bonchev–Trinajstić information content (AvgIpc) is 3.29. The standard InChI is InChI=1S/C29H31BN2O7/c1-32(2)17-25-24-5-3-4-6-27(24)39-28(25)29(34)31-15-16-38-23-13-9-21(10-14-23)26(33)19-37-18-20-7-11-22(12-8-20)30(35)36/h3-14,35-36H,15-19H2,1-2H3,(H,31,34). The summed E-state index contributed by atoms with van der Waals surface area (Å²) in [6.07, 6.45) is 0. The molecule has 0 atom stereocenters. The van der Waals surface area contributed by atoms with Crippen molar-refractivity contribution in [3.8, 4) is 5.75 Å². The van der Waals surface area contributed by atoms with Gasteiger partial charge in [-0.25, -0.2) is 0 Å². The van der Waals surface area contributed by atoms with Gasteiger partial charge in [-0.2, -0.15) is 0 Å². The molecular weight excluding hydrogens is 499 g/mol. The van der Waals surface area contributed by atoms with Crippen LogP contribution < -0.4 is 15.5 Å². The fourth-order valence-electron chi connectivity index (χ4n) is 4.04. The monoisotopic (exact) mass is 530 g/mol. The molecule has 0 saturated carbocycles. The molecule has 0 spiro atoms. The molecule has 3 aromatic carbocycles. The first-order valence-electron chi connectivity index (χ1n) is 12.5. The molecule has 1 heterocycles. The Balaban J connectivity index is 1.22. The van der Waals surface area contributed by atoms with Crippen LogP contribution in [-0.4, -0.2) is 67.6 Å². The molecule has 0 aliphatic carbocycles. The van der Waals surface area contributed by atoms with Crippen molar-refractivity contribution in [3.05, 3.63) is 95.2 Å². The maximum Gasteiger partial charge on any atom is 0.488 e. The average molecular weight is 530 g/mol. The largest absolute Gasteiger partial charge is 0.492 e. The smallest absolute Gasteiger partial charge is 0.488 e. The molecule has 0 fully saturated rings. The van der Waals surface area contributed by atoms with E-state index in [1.807, 2.05) is 43.3 Å². The zero-order valence-electron chi connectivity index (χ0n) is 21.9. The summed E-state index contributed by atoms with van der Waals surface area (Å²) in [5.41, 5.74) is 3.22. The minimum absolute atomic E-state index is 0.0891. The highest BCUT2D eigenvalue weighted by Crippen LogP contribution is 2.26. The fourth-order valence-corrected chi connectivity index (χ4v) is 4.04. The molecule has 1 aromatic heterocycles. The van der Waals surface area contributed by atoms with Gasteiger partial charge in [-0.05, 0) is 55.5 Å². The molecule has 0 bridgehead atoms. The summed E-state index contributed by atoms with van der Waals surface area (Å²) in [5.74, 6) is 0.408. The second-order valence-corrected chi connectivity index (χ2v) is 9.30. The van der Waals surface area contributed by atoms with Gasteiger partial charge in [0, 0.05) is 23.1 Å². The first kappa shape index (κ1) is 28.1. The van der Waals surface area contributed by atoms with Crippen LogP contribution in [0.25, 0.3) is 11.0 Å². The second-order valence-electron chi connectivity index (χ2n) is 9.30. The number of ether oxygens (including phenoxy) is 2. The third kappa shape index (κ3) is 7.55. The lowest BCUT2D eigenvalue weighted by Gasteiger charge is -2.11. The lowest BCUT2D eigenvalue weighted by molar-refractivity contribution is 0.0726. The van der Waals surface area contributed by atoms with Gasteiger partial charge in [0.25, 0.3) is 5.91 Å². The number of ketones is 1. The lowest BCUT2D eigenvalue weighted by Crippen LogP contribution is -2.29. The Morgan fingerprint density at radius 3 is 2.38 bits per heavy atom. The highest BCUT2D eigenvalue weighted by molar-refractivity contribution is 6.58. The van der Waals surface area contributed by atoms with Crippen molar-refractivity contribution in [2.24, 2.45) is 0 Å². The van der Waals surface area contributed by atoms with Crippen LogP contribution in [0.15, 0.2) is 77.2 Å². The van der Waals surface area contributed by atoms with Gasteiger partial charge in [-0.15, -0.1) is 0 Å². The summed E-state index contributed by atoms with van der Waals surface area (Å²) in [5, 5.41) is 22.0. The summed E-state index contributed by atoms with van der Waals surface area (Å²) < 4.78 is 17.1. The molecule has 9 nitrogen and oxygen atoms in total. The molecule has 10 heteroatoms. The number of rotatable bonds is 13. The molecule has 4 aromatic rings. The van der Waals surface area contributed by atoms with Crippen molar-refractivity contribution in [1.82, 2.24) is 10.2 Å². The van der Waals surface area contributed by atoms with Crippen LogP contribution in [0.5, 0.6) is 5.75 Å². The van der Waals surface area contributed by atoms with E-state index >= 15 is 0 Å². The molecule has 3 N–H and O–H groups in total. The van der Waals surface area contributed by atoms with Crippen molar-refractivity contribution in [1.29, 1.82) is 0 Å². The van der Waals surface area contributed by atoms with E-state index in [1.165, 1.54) is 0 Å². The first-order valence-corrected chi connectivity index (χ1v) is 12.5. The van der Waals surface area contributed by atoms with Crippen molar-refractivity contribution in [3.63, 3.8) is 0 Å². The van der Waals surface area contributed by atoms with E-state index in [2.05, 4.69) is 5.32 Å². The Kier molecular flexibility index (Phi) is 9.51. The molecular formula is C29H31BN2O7. The van der Waals surface area contributed by atoms with E-state index in [0.717, 1.165) is 16.5 Å². The topological polar surface area (TPSA) is 121 Å². The van der Waals surface area contributed by atoms with Gasteiger partial charge in [0.2, 0.25) is 0 Å². The summed E-state index contributed by atoms with van der Waals surface area (Å²) in [6, 6.07) is 20.9. The summed E-state index contributed by atoms with van der Waals surface area (Å²) in [7, 11) is 2.36. The second kappa shape index (κ2) is 13.2. The van der Waals surface area contributed by atoms with Gasteiger partial charge in [-0.3, -0.25) is 9.59 Å². The highest BCUT2D eigenvalue weighted by atomic mass is 16.5. The minimum atomic E-state index is -1.52. The summed E-state index contributed by atoms with van der Waals surface area (Å²) in [6.45, 7) is 1.25. The number of nitrogens with zero attached hydrogens (tertiary/aromatic N) is 1. The Morgan fingerprint density at radius 1 is 0.974 bits per heavy atom. The van der Waals surface area contributed by atoms with Crippen LogP contribution >= 0.6 is 0 Å². The van der Waals surface area contributed by atoms with Crippen molar-refractivity contribution in [2.75, 3.05) is 33.9 Å². The number of fused-ring (bicyclic) bond motifs is 1. The van der Waals surface area contributed by atoms with Crippen LogP contribution in [0.1, 0.15) is 32.0 Å². The van der Waals surface area contributed by atoms with E-state index in [4.69, 9.17) is 23.9 Å². The molecule has 4 rings (SSSR count). The number of carbonyl (C=O) groups excluding carboxylic acids is 2. The predicted molar refractivity (Wildman–Crippen MR) is 148 cm³/mol. The normalized spacial score (nSPS) is 11.1. The maximum atomic E-state index is 12.8. The SMILES string of the molecule is CN(C)Cc1c(C(=O)NCCOc2ccc(C(=O)COCc3ccc(B(O)O)cc3)cc2)oc2ccccc12. The Labute approximate surface area is 227 Å². The van der Waals surface area contributed by atoms with Crippen LogP contribution in [-0.2, 0) is 17.9 Å². The molecule has 0 aliphatic rings. The Morgan fingerprint density at radius 2 is 1.69 bits per heavy atom. The lowest BCUT2D eigenvalue weighted by atomic mass is 9.80. The number of furan rings is 1. The number of hydrogen-bond acceptors (Lipinski definition) is 8. The van der Waals surface area contributed by atoms with Gasteiger partial charge in [0.1, 0.15) is 24.5 Å². The molecule has 0 aliphatic heterocycles. The highest BCUT2D eigenvalue weighted by Gasteiger charge is 2.20. The Bertz CT molecular complexity index is 1400. The molecule has 39 heavy (non-hydrogen) atoms. The third-order valence-corrected chi connectivity index (χ3v) is 5.99. The minimum Gasteiger partial charge on any atom is -0.492 e. The number of carbonyl (C=O) groups is 2. The molecule has 0 saturated heterocycles. The van der Waals surface area contributed by atoms with Crippen molar-refractivity contribution >= 4 is 35.2 Å². The van der Waals surface area contributed by atoms with Crippen molar-refractivity contribution < 1.29 is 33.5 Å². The Hall–Kier alpha value is -3.96. The number of hydrogen-bond donors (Lipinski definition) is 3. The number of Topliss-reactive ketones (excluding diaryl/α,β-unsaturated/α-hetero) is 1. The fraction of sp³-hybridized carbons (Fsp3) is 0.241. The molecule has 0 unspecified atom stereocenters.